The number of benzene rings is 2. The van der Waals surface area contributed by atoms with E-state index in [-0.39, 0.29) is 9.32 Å². The Morgan fingerprint density at radius 3 is 2.52 bits per heavy atom. The van der Waals surface area contributed by atoms with Crippen molar-refractivity contribution in [1.82, 2.24) is 0 Å². The molecule has 21 heavy (non-hydrogen) atoms. The summed E-state index contributed by atoms with van der Waals surface area (Å²) in [5.41, 5.74) is -0.183. The molecule has 1 aromatic heterocycles. The Hall–Kier alpha value is -2.02. The van der Waals surface area contributed by atoms with E-state index in [1.807, 2.05) is 24.3 Å². The zero-order valence-corrected chi connectivity index (χ0v) is 13.3. The molecule has 0 aliphatic heterocycles. The molecule has 0 bridgehead atoms. The molecule has 0 N–H and O–H groups in total. The predicted octanol–water partition coefficient (Wildman–Crippen LogP) is -0.996. The van der Waals surface area contributed by atoms with Crippen molar-refractivity contribution in [3.63, 3.8) is 0 Å². The fourth-order valence-corrected chi connectivity index (χ4v) is 4.13. The van der Waals surface area contributed by atoms with Crippen LogP contribution in [0.4, 0.5) is 0 Å². The molecule has 0 fully saturated rings. The number of halogens is 1. The molecule has 0 aliphatic carbocycles. The molecule has 0 amide bonds. The van der Waals surface area contributed by atoms with E-state index in [1.165, 1.54) is 0 Å². The van der Waals surface area contributed by atoms with E-state index < -0.39 is 26.8 Å². The van der Waals surface area contributed by atoms with Crippen molar-refractivity contribution in [1.29, 1.82) is 0 Å². The second kappa shape index (κ2) is 5.77. The molecular weight excluding hydrogens is 383 g/mol. The first-order valence-corrected chi connectivity index (χ1v) is 8.36. The molecular formula is C16H11IO4. The van der Waals surface area contributed by atoms with Crippen LogP contribution in [0.25, 0.3) is 11.0 Å². The first kappa shape index (κ1) is 13.9. The van der Waals surface area contributed by atoms with Crippen LogP contribution in [-0.4, -0.2) is 7.11 Å². The van der Waals surface area contributed by atoms with Gasteiger partial charge in [0.15, 0.2) is 3.57 Å². The van der Waals surface area contributed by atoms with E-state index in [0.29, 0.717) is 11.0 Å². The molecule has 0 saturated heterocycles. The quantitative estimate of drug-likeness (QED) is 0.423. The number of hydrogen-bond donors (Lipinski definition) is 0. The van der Waals surface area contributed by atoms with E-state index in [2.05, 4.69) is 0 Å². The van der Waals surface area contributed by atoms with Crippen molar-refractivity contribution < 1.29 is 35.5 Å². The third-order valence-electron chi connectivity index (χ3n) is 2.97. The minimum absolute atomic E-state index is 0.217. The van der Waals surface area contributed by atoms with Crippen molar-refractivity contribution in [3.8, 4) is 11.5 Å². The van der Waals surface area contributed by atoms with Crippen LogP contribution in [0.5, 0.6) is 11.5 Å². The minimum Gasteiger partial charge on any atom is -0.869 e. The smallest absolute Gasteiger partial charge is 0.390 e. The maximum atomic E-state index is 12.4. The number of hydrogen-bond acceptors (Lipinski definition) is 4. The Morgan fingerprint density at radius 1 is 1.10 bits per heavy atom. The Labute approximate surface area is 131 Å². The summed E-state index contributed by atoms with van der Waals surface area (Å²) >= 11 is -0.882. The summed E-state index contributed by atoms with van der Waals surface area (Å²) in [6.07, 6.45) is 0. The summed E-state index contributed by atoms with van der Waals surface area (Å²) < 4.78 is 11.6. The lowest BCUT2D eigenvalue weighted by atomic mass is 10.2. The normalized spacial score (nSPS) is 10.7. The number of ether oxygens (including phenoxy) is 1. The van der Waals surface area contributed by atoms with Gasteiger partial charge in [-0.05, 0) is 36.1 Å². The molecule has 0 saturated carbocycles. The number of rotatable bonds is 3. The Bertz CT molecular complexity index is 837. The summed E-state index contributed by atoms with van der Waals surface area (Å²) in [6.45, 7) is 0. The highest BCUT2D eigenvalue weighted by Crippen LogP contribution is 2.19. The van der Waals surface area contributed by atoms with Crippen molar-refractivity contribution in [2.75, 3.05) is 7.11 Å². The van der Waals surface area contributed by atoms with Crippen molar-refractivity contribution >= 4 is 11.0 Å². The van der Waals surface area contributed by atoms with E-state index in [4.69, 9.17) is 9.15 Å². The van der Waals surface area contributed by atoms with Crippen LogP contribution in [0, 0.1) is 7.14 Å². The molecule has 5 heteroatoms. The zero-order chi connectivity index (χ0) is 14.8. The van der Waals surface area contributed by atoms with Crippen LogP contribution in [-0.2, 0) is 0 Å². The molecule has 106 valence electrons. The molecule has 0 spiro atoms. The third kappa shape index (κ3) is 2.73. The van der Waals surface area contributed by atoms with Gasteiger partial charge >= 0.3 is 26.8 Å². The monoisotopic (exact) mass is 394 g/mol. The largest absolute Gasteiger partial charge is 0.869 e. The van der Waals surface area contributed by atoms with Crippen LogP contribution in [0.1, 0.15) is 0 Å². The molecule has 3 rings (SSSR count). The van der Waals surface area contributed by atoms with Gasteiger partial charge in [-0.2, -0.15) is 0 Å². The fourth-order valence-electron chi connectivity index (χ4n) is 1.92. The molecule has 1 heterocycles. The lowest BCUT2D eigenvalue weighted by molar-refractivity contribution is -0.606. The van der Waals surface area contributed by atoms with Crippen LogP contribution >= 0.6 is 0 Å². The van der Waals surface area contributed by atoms with Gasteiger partial charge in [0.2, 0.25) is 0 Å². The van der Waals surface area contributed by atoms with Crippen LogP contribution in [0.2, 0.25) is 0 Å². The van der Waals surface area contributed by atoms with Gasteiger partial charge < -0.3 is 14.3 Å². The van der Waals surface area contributed by atoms with Gasteiger partial charge in [-0.15, -0.1) is 0 Å². The van der Waals surface area contributed by atoms with Crippen LogP contribution in [0.15, 0.2) is 57.7 Å². The summed E-state index contributed by atoms with van der Waals surface area (Å²) in [6, 6.07) is 14.2. The number of fused-ring (bicyclic) bond motifs is 1. The van der Waals surface area contributed by atoms with Gasteiger partial charge in [-0.1, -0.05) is 18.2 Å². The maximum absolute atomic E-state index is 12.4. The highest BCUT2D eigenvalue weighted by Gasteiger charge is 2.23. The molecule has 4 nitrogen and oxygen atoms in total. The highest BCUT2D eigenvalue weighted by atomic mass is 127. The van der Waals surface area contributed by atoms with Crippen molar-refractivity contribution in [3.05, 3.63) is 66.1 Å². The lowest BCUT2D eigenvalue weighted by Gasteiger charge is -2.07. The molecule has 0 atom stereocenters. The highest BCUT2D eigenvalue weighted by molar-refractivity contribution is 5.81. The topological polar surface area (TPSA) is 62.5 Å². The summed E-state index contributed by atoms with van der Waals surface area (Å²) in [7, 11) is 1.60. The second-order valence-corrected chi connectivity index (χ2v) is 7.15. The van der Waals surface area contributed by atoms with E-state index in [1.54, 1.807) is 31.4 Å². The van der Waals surface area contributed by atoms with Gasteiger partial charge in [0.1, 0.15) is 11.3 Å². The van der Waals surface area contributed by atoms with Crippen molar-refractivity contribution in [2.24, 2.45) is 0 Å². The summed E-state index contributed by atoms with van der Waals surface area (Å²) in [4.78, 5) is 12.0. The zero-order valence-electron chi connectivity index (χ0n) is 11.1. The molecule has 0 radical (unpaired) electrons. The lowest BCUT2D eigenvalue weighted by Crippen LogP contribution is -3.62. The first-order valence-electron chi connectivity index (χ1n) is 6.21. The standard InChI is InChI=1S/C16H11IO4/c1-20-11-8-6-10(7-9-11)17-14-15(18)12-4-2-3-5-13(12)21-16(14)19/h2-9H,1H3. The van der Waals surface area contributed by atoms with Gasteiger partial charge in [0.05, 0.1) is 7.11 Å². The minimum atomic E-state index is -0.882. The van der Waals surface area contributed by atoms with Gasteiger partial charge in [-0.25, -0.2) is 4.79 Å². The summed E-state index contributed by atoms with van der Waals surface area (Å²) in [5.74, 6) is 0.529. The van der Waals surface area contributed by atoms with E-state index >= 15 is 0 Å². The fraction of sp³-hybridized carbons (Fsp3) is 0.0625. The SMILES string of the molecule is COc1ccc([I+]c2c([O-])c3ccccc3oc2=O)cc1. The number of para-hydroxylation sites is 1. The second-order valence-electron chi connectivity index (χ2n) is 4.28. The molecule has 0 aliphatic rings. The van der Waals surface area contributed by atoms with Crippen LogP contribution in [0.3, 0.4) is 0 Å². The van der Waals surface area contributed by atoms with E-state index in [0.717, 1.165) is 9.32 Å². The first-order chi connectivity index (χ1) is 10.2. The average molecular weight is 394 g/mol. The van der Waals surface area contributed by atoms with Gasteiger partial charge in [-0.3, -0.25) is 0 Å². The molecule has 2 aromatic carbocycles. The average Bonchev–Trinajstić information content (AvgIpc) is 2.52. The summed E-state index contributed by atoms with van der Waals surface area (Å²) in [5, 5.41) is 12.9. The Balaban J connectivity index is 2.05. The van der Waals surface area contributed by atoms with Gasteiger partial charge in [0, 0.05) is 5.39 Å². The Kier molecular flexibility index (Phi) is 3.83. The molecule has 0 unspecified atom stereocenters. The number of methoxy groups -OCH3 is 1. The van der Waals surface area contributed by atoms with Gasteiger partial charge in [0.25, 0.3) is 3.57 Å². The predicted molar refractivity (Wildman–Crippen MR) is 72.3 cm³/mol. The third-order valence-corrected chi connectivity index (χ3v) is 5.78. The molecule has 3 aromatic rings. The Morgan fingerprint density at radius 2 is 1.81 bits per heavy atom. The van der Waals surface area contributed by atoms with E-state index in [9.17, 15) is 9.90 Å². The maximum Gasteiger partial charge on any atom is 0.390 e. The van der Waals surface area contributed by atoms with Crippen LogP contribution < -0.4 is 36.7 Å². The van der Waals surface area contributed by atoms with Crippen molar-refractivity contribution in [2.45, 2.75) is 0 Å².